The minimum absolute atomic E-state index is 0.479. The van der Waals surface area contributed by atoms with Crippen LogP contribution in [0.2, 0.25) is 0 Å². The fraction of sp³-hybridized carbons (Fsp3) is 0.476. The molecule has 7 nitrogen and oxygen atoms in total. The molecular formula is C21H29N3O4. The molecule has 7 heteroatoms. The van der Waals surface area contributed by atoms with Gasteiger partial charge in [-0.25, -0.2) is 9.97 Å². The highest BCUT2D eigenvalue weighted by molar-refractivity contribution is 5.53. The van der Waals surface area contributed by atoms with Crippen molar-refractivity contribution in [1.29, 1.82) is 0 Å². The first-order valence-electron chi connectivity index (χ1n) is 9.29. The van der Waals surface area contributed by atoms with Gasteiger partial charge in [-0.15, -0.1) is 0 Å². The average Bonchev–Trinajstić information content (AvgIpc) is 2.92. The van der Waals surface area contributed by atoms with Crippen LogP contribution in [0.5, 0.6) is 0 Å². The molecule has 3 rings (SSSR count). The van der Waals surface area contributed by atoms with Crippen molar-refractivity contribution in [2.24, 2.45) is 0 Å². The van der Waals surface area contributed by atoms with Gasteiger partial charge in [-0.05, 0) is 52.3 Å². The number of aliphatic hydroxyl groups is 3. The highest BCUT2D eigenvalue weighted by Crippen LogP contribution is 2.30. The number of rotatable bonds is 3. The molecule has 2 aromatic rings. The highest BCUT2D eigenvalue weighted by Gasteiger charge is 2.44. The fourth-order valence-corrected chi connectivity index (χ4v) is 3.09. The van der Waals surface area contributed by atoms with Crippen LogP contribution in [0.25, 0.3) is 6.08 Å². The number of aliphatic hydroxyl groups excluding tert-OH is 3. The van der Waals surface area contributed by atoms with Crippen molar-refractivity contribution in [2.75, 3.05) is 0 Å². The van der Waals surface area contributed by atoms with E-state index in [0.29, 0.717) is 5.56 Å². The molecule has 0 aliphatic carbocycles. The van der Waals surface area contributed by atoms with Crippen molar-refractivity contribution in [1.82, 2.24) is 15.0 Å². The van der Waals surface area contributed by atoms with E-state index in [2.05, 4.69) is 15.0 Å². The Labute approximate surface area is 165 Å². The molecule has 1 saturated heterocycles. The monoisotopic (exact) mass is 387 g/mol. The summed E-state index contributed by atoms with van der Waals surface area (Å²) in [5.74, 6) is 0. The highest BCUT2D eigenvalue weighted by atomic mass is 16.6. The predicted molar refractivity (Wildman–Crippen MR) is 106 cm³/mol. The Kier molecular flexibility index (Phi) is 7.77. The molecular weight excluding hydrogens is 358 g/mol. The van der Waals surface area contributed by atoms with Gasteiger partial charge < -0.3 is 20.1 Å². The van der Waals surface area contributed by atoms with Crippen LogP contribution >= 0.6 is 0 Å². The number of allylic oxidation sites excluding steroid dienone is 1. The first-order valence-corrected chi connectivity index (χ1v) is 9.29. The summed E-state index contributed by atoms with van der Waals surface area (Å²) in [5.41, 5.74) is 4.62. The summed E-state index contributed by atoms with van der Waals surface area (Å²) >= 11 is 0. The molecule has 28 heavy (non-hydrogen) atoms. The van der Waals surface area contributed by atoms with Gasteiger partial charge in [-0.2, -0.15) is 0 Å². The van der Waals surface area contributed by atoms with Crippen molar-refractivity contribution in [3.05, 3.63) is 58.9 Å². The third kappa shape index (κ3) is 5.20. The quantitative estimate of drug-likeness (QED) is 0.740. The van der Waals surface area contributed by atoms with Gasteiger partial charge in [0.05, 0.1) is 6.10 Å². The zero-order valence-electron chi connectivity index (χ0n) is 16.9. The van der Waals surface area contributed by atoms with E-state index in [1.165, 1.54) is 0 Å². The van der Waals surface area contributed by atoms with Crippen molar-refractivity contribution >= 4 is 6.08 Å². The molecule has 0 bridgehead atoms. The normalized spacial score (nSPS) is 25.4. The third-order valence-corrected chi connectivity index (χ3v) is 4.73. The molecule has 3 N–H and O–H groups in total. The maximum Gasteiger partial charge on any atom is 0.116 e. The Balaban J connectivity index is 0.000000221. The zero-order valence-corrected chi connectivity index (χ0v) is 16.9. The topological polar surface area (TPSA) is 109 Å². The second-order valence-corrected chi connectivity index (χ2v) is 6.92. The van der Waals surface area contributed by atoms with Gasteiger partial charge in [0.25, 0.3) is 0 Å². The largest absolute Gasteiger partial charge is 0.388 e. The molecule has 0 amide bonds. The number of hydrogen-bond donors (Lipinski definition) is 3. The summed E-state index contributed by atoms with van der Waals surface area (Å²) in [5, 5.41) is 29.5. The standard InChI is InChI=1S/C12H17NO4.C9H12N2/c1-6-5-8(3-4-13-6)10(15)12-11(16)9(14)7(2)17-12;1-4-5-9-7(2)10-6-11-8(9)3/h3-5,7,9-12,14-16H,1-2H3;4-6H,1-3H3/b;5-4-. The summed E-state index contributed by atoms with van der Waals surface area (Å²) in [6.07, 6.45) is 2.93. The molecule has 0 saturated carbocycles. The second kappa shape index (κ2) is 9.84. The molecule has 3 heterocycles. The Morgan fingerprint density at radius 1 is 1.07 bits per heavy atom. The van der Waals surface area contributed by atoms with Gasteiger partial charge in [0.1, 0.15) is 30.7 Å². The van der Waals surface area contributed by atoms with Crippen molar-refractivity contribution in [3.63, 3.8) is 0 Å². The molecule has 0 spiro atoms. The van der Waals surface area contributed by atoms with Crippen LogP contribution in [-0.4, -0.2) is 54.7 Å². The van der Waals surface area contributed by atoms with Gasteiger partial charge in [0.2, 0.25) is 0 Å². The SMILES string of the molecule is C/C=C\c1c(C)ncnc1C.Cc1cc(C(O)C2OC(C)C(O)C2O)ccn1. The lowest BCUT2D eigenvalue weighted by atomic mass is 9.99. The second-order valence-electron chi connectivity index (χ2n) is 6.92. The van der Waals surface area contributed by atoms with E-state index in [4.69, 9.17) is 4.74 Å². The third-order valence-electron chi connectivity index (χ3n) is 4.73. The zero-order chi connectivity index (χ0) is 20.8. The summed E-state index contributed by atoms with van der Waals surface area (Å²) in [4.78, 5) is 12.2. The molecule has 5 unspecified atom stereocenters. The molecule has 0 radical (unpaired) electrons. The molecule has 152 valence electrons. The molecule has 1 aliphatic rings. The van der Waals surface area contributed by atoms with Gasteiger partial charge in [0.15, 0.2) is 0 Å². The molecule has 1 aliphatic heterocycles. The Morgan fingerprint density at radius 2 is 1.71 bits per heavy atom. The van der Waals surface area contributed by atoms with Crippen LogP contribution in [0.15, 0.2) is 30.7 Å². The Hall–Kier alpha value is -2.19. The van der Waals surface area contributed by atoms with Crippen LogP contribution in [0.4, 0.5) is 0 Å². The van der Waals surface area contributed by atoms with Crippen LogP contribution in [0, 0.1) is 20.8 Å². The number of aromatic nitrogens is 3. The fourth-order valence-electron chi connectivity index (χ4n) is 3.09. The first kappa shape index (κ1) is 22.1. The number of hydrogen-bond acceptors (Lipinski definition) is 7. The van der Waals surface area contributed by atoms with Crippen LogP contribution < -0.4 is 0 Å². The van der Waals surface area contributed by atoms with E-state index in [9.17, 15) is 15.3 Å². The molecule has 5 atom stereocenters. The van der Waals surface area contributed by atoms with Gasteiger partial charge in [0, 0.05) is 28.8 Å². The number of pyridine rings is 1. The van der Waals surface area contributed by atoms with E-state index in [1.54, 1.807) is 31.6 Å². The van der Waals surface area contributed by atoms with E-state index < -0.39 is 30.5 Å². The smallest absolute Gasteiger partial charge is 0.116 e. The molecule has 0 aromatic carbocycles. The number of nitrogens with zero attached hydrogens (tertiary/aromatic N) is 3. The Morgan fingerprint density at radius 3 is 2.21 bits per heavy atom. The van der Waals surface area contributed by atoms with Crippen LogP contribution in [0.1, 0.15) is 48.2 Å². The maximum absolute atomic E-state index is 10.1. The minimum atomic E-state index is -1.08. The number of ether oxygens (including phenoxy) is 1. The molecule has 2 aromatic heterocycles. The lowest BCUT2D eigenvalue weighted by Gasteiger charge is -2.21. The van der Waals surface area contributed by atoms with Crippen molar-refractivity contribution < 1.29 is 20.1 Å². The van der Waals surface area contributed by atoms with E-state index in [0.717, 1.165) is 22.6 Å². The predicted octanol–water partition coefficient (Wildman–Crippen LogP) is 2.06. The molecule has 1 fully saturated rings. The minimum Gasteiger partial charge on any atom is -0.388 e. The Bertz CT molecular complexity index is 792. The summed E-state index contributed by atoms with van der Waals surface area (Å²) in [6.45, 7) is 9.46. The van der Waals surface area contributed by atoms with Gasteiger partial charge >= 0.3 is 0 Å². The van der Waals surface area contributed by atoms with Gasteiger partial charge in [-0.3, -0.25) is 4.98 Å². The maximum atomic E-state index is 10.1. The summed E-state index contributed by atoms with van der Waals surface area (Å²) < 4.78 is 5.37. The first-order chi connectivity index (χ1) is 13.3. The van der Waals surface area contributed by atoms with Crippen molar-refractivity contribution in [2.45, 2.75) is 65.1 Å². The van der Waals surface area contributed by atoms with Gasteiger partial charge in [-0.1, -0.05) is 12.2 Å². The van der Waals surface area contributed by atoms with Crippen LogP contribution in [0.3, 0.4) is 0 Å². The van der Waals surface area contributed by atoms with Crippen LogP contribution in [-0.2, 0) is 4.74 Å². The number of aryl methyl sites for hydroxylation is 3. The lowest BCUT2D eigenvalue weighted by molar-refractivity contribution is -0.0636. The summed E-state index contributed by atoms with van der Waals surface area (Å²) in [6, 6.07) is 3.40. The van der Waals surface area contributed by atoms with Crippen molar-refractivity contribution in [3.8, 4) is 0 Å². The lowest BCUT2D eigenvalue weighted by Crippen LogP contribution is -2.34. The van der Waals surface area contributed by atoms with E-state index >= 15 is 0 Å². The van der Waals surface area contributed by atoms with E-state index in [1.807, 2.05) is 39.8 Å². The van der Waals surface area contributed by atoms with E-state index in [-0.39, 0.29) is 0 Å². The average molecular weight is 387 g/mol. The summed E-state index contributed by atoms with van der Waals surface area (Å²) in [7, 11) is 0.